The van der Waals surface area contributed by atoms with Gasteiger partial charge in [-0.1, -0.05) is 6.92 Å². The smallest absolute Gasteiger partial charge is 0.351 e. The van der Waals surface area contributed by atoms with Gasteiger partial charge in [0.25, 0.3) is 0 Å². The summed E-state index contributed by atoms with van der Waals surface area (Å²) in [5, 5.41) is 18.8. The molecular formula is C10H14FN3O4. The Morgan fingerprint density at radius 2 is 2.33 bits per heavy atom. The molecule has 18 heavy (non-hydrogen) atoms. The number of aromatic nitrogens is 2. The number of nitrogen functional groups attached to an aromatic ring is 1. The van der Waals surface area contributed by atoms with Crippen molar-refractivity contribution in [3.8, 4) is 0 Å². The zero-order valence-corrected chi connectivity index (χ0v) is 9.65. The minimum atomic E-state index is -0.937. The molecule has 4 N–H and O–H groups in total. The van der Waals surface area contributed by atoms with Crippen LogP contribution in [-0.4, -0.2) is 38.6 Å². The van der Waals surface area contributed by atoms with E-state index in [1.807, 2.05) is 0 Å². The Bertz CT molecular complexity index is 506. The molecule has 0 aromatic carbocycles. The Balaban J connectivity index is 2.39. The van der Waals surface area contributed by atoms with Gasteiger partial charge in [-0.25, -0.2) is 9.18 Å². The predicted octanol–water partition coefficient (Wildman–Crippen LogP) is -1.15. The second-order valence-electron chi connectivity index (χ2n) is 4.26. The average molecular weight is 259 g/mol. The monoisotopic (exact) mass is 259 g/mol. The number of halogens is 1. The van der Waals surface area contributed by atoms with Crippen molar-refractivity contribution >= 4 is 5.82 Å². The van der Waals surface area contributed by atoms with Crippen molar-refractivity contribution in [2.75, 3.05) is 12.3 Å². The Labute approximate surface area is 102 Å². The van der Waals surface area contributed by atoms with E-state index in [4.69, 9.17) is 15.6 Å². The van der Waals surface area contributed by atoms with Crippen LogP contribution in [0.5, 0.6) is 0 Å². The number of aliphatic hydroxyl groups is 2. The van der Waals surface area contributed by atoms with Gasteiger partial charge in [0.15, 0.2) is 11.6 Å². The summed E-state index contributed by atoms with van der Waals surface area (Å²) in [7, 11) is 0. The zero-order valence-electron chi connectivity index (χ0n) is 9.65. The van der Waals surface area contributed by atoms with Crippen molar-refractivity contribution < 1.29 is 19.3 Å². The van der Waals surface area contributed by atoms with Gasteiger partial charge in [0.05, 0.1) is 18.9 Å². The van der Waals surface area contributed by atoms with Crippen molar-refractivity contribution in [1.82, 2.24) is 9.55 Å². The fourth-order valence-corrected chi connectivity index (χ4v) is 2.00. The quantitative estimate of drug-likeness (QED) is 0.618. The number of ether oxygens (including phenoxy) is 1. The number of aliphatic hydroxyl groups excluding tert-OH is 2. The van der Waals surface area contributed by atoms with Crippen molar-refractivity contribution in [3.63, 3.8) is 0 Å². The molecule has 0 bridgehead atoms. The largest absolute Gasteiger partial charge is 0.394 e. The standard InChI is InChI=1S/C10H14FN3O4/c1-4-7(16)6(3-15)18-9(4)14-2-5(11)8(12)13-10(14)17/h2,4,6-7,9,15-16H,3H2,1H3,(H2,12,13,17)/t4-,6-,7+,9-/m1/s1. The van der Waals surface area contributed by atoms with Crippen LogP contribution in [0.1, 0.15) is 13.2 Å². The lowest BCUT2D eigenvalue weighted by Gasteiger charge is -2.18. The van der Waals surface area contributed by atoms with Crippen LogP contribution in [-0.2, 0) is 4.74 Å². The van der Waals surface area contributed by atoms with Crippen LogP contribution in [0.15, 0.2) is 11.0 Å². The highest BCUT2D eigenvalue weighted by Crippen LogP contribution is 2.33. The maximum Gasteiger partial charge on any atom is 0.351 e. The highest BCUT2D eigenvalue weighted by atomic mass is 19.1. The topological polar surface area (TPSA) is 111 Å². The van der Waals surface area contributed by atoms with E-state index in [0.717, 1.165) is 10.8 Å². The number of rotatable bonds is 2. The summed E-state index contributed by atoms with van der Waals surface area (Å²) in [4.78, 5) is 14.9. The normalized spacial score (nSPS) is 31.8. The molecule has 1 aliphatic heterocycles. The number of nitrogens with zero attached hydrogens (tertiary/aromatic N) is 2. The van der Waals surface area contributed by atoms with E-state index in [-0.39, 0.29) is 6.61 Å². The van der Waals surface area contributed by atoms with E-state index in [2.05, 4.69) is 4.98 Å². The van der Waals surface area contributed by atoms with Gasteiger partial charge < -0.3 is 20.7 Å². The van der Waals surface area contributed by atoms with Gasteiger partial charge in [0.2, 0.25) is 0 Å². The average Bonchev–Trinajstić information content (AvgIpc) is 2.61. The summed E-state index contributed by atoms with van der Waals surface area (Å²) in [5.74, 6) is -1.81. The van der Waals surface area contributed by atoms with E-state index in [1.54, 1.807) is 6.92 Å². The zero-order chi connectivity index (χ0) is 13.4. The third-order valence-corrected chi connectivity index (χ3v) is 3.07. The molecule has 100 valence electrons. The van der Waals surface area contributed by atoms with Crippen molar-refractivity contribution in [2.24, 2.45) is 5.92 Å². The van der Waals surface area contributed by atoms with E-state index < -0.39 is 41.7 Å². The highest BCUT2D eigenvalue weighted by molar-refractivity contribution is 5.26. The summed E-state index contributed by atoms with van der Waals surface area (Å²) < 4.78 is 19.5. The van der Waals surface area contributed by atoms with Crippen molar-refractivity contribution in [3.05, 3.63) is 22.5 Å². The van der Waals surface area contributed by atoms with Gasteiger partial charge in [0, 0.05) is 5.92 Å². The highest BCUT2D eigenvalue weighted by Gasteiger charge is 2.42. The number of nitrogens with two attached hydrogens (primary N) is 1. The fourth-order valence-electron chi connectivity index (χ4n) is 2.00. The van der Waals surface area contributed by atoms with Crippen LogP contribution in [0.4, 0.5) is 10.2 Å². The van der Waals surface area contributed by atoms with Gasteiger partial charge >= 0.3 is 5.69 Å². The van der Waals surface area contributed by atoms with E-state index in [9.17, 15) is 14.3 Å². The van der Waals surface area contributed by atoms with Crippen molar-refractivity contribution in [1.29, 1.82) is 0 Å². The molecule has 7 nitrogen and oxygen atoms in total. The van der Waals surface area contributed by atoms with E-state index in [0.29, 0.717) is 0 Å². The second-order valence-corrected chi connectivity index (χ2v) is 4.26. The fraction of sp³-hybridized carbons (Fsp3) is 0.600. The van der Waals surface area contributed by atoms with Gasteiger partial charge in [-0.3, -0.25) is 4.57 Å². The predicted molar refractivity (Wildman–Crippen MR) is 59.0 cm³/mol. The molecule has 2 heterocycles. The lowest BCUT2D eigenvalue weighted by Crippen LogP contribution is -2.31. The third kappa shape index (κ3) is 1.98. The number of hydrogen-bond acceptors (Lipinski definition) is 6. The summed E-state index contributed by atoms with van der Waals surface area (Å²) in [5.41, 5.74) is 4.41. The van der Waals surface area contributed by atoms with E-state index >= 15 is 0 Å². The Kier molecular flexibility index (Phi) is 3.33. The van der Waals surface area contributed by atoms with Crippen LogP contribution < -0.4 is 11.4 Å². The molecule has 1 aromatic rings. The lowest BCUT2D eigenvalue weighted by atomic mass is 10.0. The Morgan fingerprint density at radius 3 is 2.89 bits per heavy atom. The van der Waals surface area contributed by atoms with Gasteiger partial charge in [-0.2, -0.15) is 4.98 Å². The SMILES string of the molecule is C[C@@H]1[C@H](O)[C@@H](CO)O[C@H]1n1cc(F)c(N)nc1=O. The van der Waals surface area contributed by atoms with Crippen LogP contribution in [0.25, 0.3) is 0 Å². The minimum absolute atomic E-state index is 0.387. The summed E-state index contributed by atoms with van der Waals surface area (Å²) in [6.07, 6.45) is -1.74. The van der Waals surface area contributed by atoms with Gasteiger partial charge in [-0.15, -0.1) is 0 Å². The van der Waals surface area contributed by atoms with Crippen LogP contribution in [0.2, 0.25) is 0 Å². The lowest BCUT2D eigenvalue weighted by molar-refractivity contribution is -0.0479. The molecule has 0 spiro atoms. The Hall–Kier alpha value is -1.51. The molecule has 0 amide bonds. The number of anilines is 1. The first-order chi connectivity index (χ1) is 8.45. The molecular weight excluding hydrogens is 245 g/mol. The maximum absolute atomic E-state index is 13.3. The maximum atomic E-state index is 13.3. The second kappa shape index (κ2) is 4.63. The molecule has 4 atom stereocenters. The number of hydrogen-bond donors (Lipinski definition) is 3. The van der Waals surface area contributed by atoms with Crippen LogP contribution >= 0.6 is 0 Å². The van der Waals surface area contributed by atoms with Crippen molar-refractivity contribution in [2.45, 2.75) is 25.4 Å². The first-order valence-electron chi connectivity index (χ1n) is 5.44. The molecule has 8 heteroatoms. The van der Waals surface area contributed by atoms with Gasteiger partial charge in [-0.05, 0) is 0 Å². The molecule has 1 saturated heterocycles. The third-order valence-electron chi connectivity index (χ3n) is 3.07. The van der Waals surface area contributed by atoms with Crippen LogP contribution in [0, 0.1) is 11.7 Å². The summed E-state index contributed by atoms with van der Waals surface area (Å²) in [6.45, 7) is 1.24. The molecule has 0 aliphatic carbocycles. The molecule has 0 saturated carbocycles. The summed E-state index contributed by atoms with van der Waals surface area (Å²) >= 11 is 0. The minimum Gasteiger partial charge on any atom is -0.394 e. The van der Waals surface area contributed by atoms with E-state index in [1.165, 1.54) is 0 Å². The molecule has 1 aliphatic rings. The molecule has 2 rings (SSSR count). The molecule has 0 unspecified atom stereocenters. The van der Waals surface area contributed by atoms with Crippen LogP contribution in [0.3, 0.4) is 0 Å². The molecule has 0 radical (unpaired) electrons. The Morgan fingerprint density at radius 1 is 1.67 bits per heavy atom. The summed E-state index contributed by atoms with van der Waals surface area (Å²) in [6, 6.07) is 0. The first kappa shape index (κ1) is 12.9. The van der Waals surface area contributed by atoms with Gasteiger partial charge in [0.1, 0.15) is 12.3 Å². The molecule has 1 fully saturated rings. The first-order valence-corrected chi connectivity index (χ1v) is 5.44. The molecule has 1 aromatic heterocycles.